The van der Waals surface area contributed by atoms with Gasteiger partial charge in [0.05, 0.1) is 12.8 Å². The van der Waals surface area contributed by atoms with E-state index in [1.165, 1.54) is 11.8 Å². The molecule has 1 aliphatic rings. The van der Waals surface area contributed by atoms with E-state index < -0.39 is 5.25 Å². The Morgan fingerprint density at radius 2 is 1.90 bits per heavy atom. The minimum atomic E-state index is -0.581. The van der Waals surface area contributed by atoms with Crippen molar-refractivity contribution in [2.45, 2.75) is 18.6 Å². The first-order chi connectivity index (χ1) is 13.9. The largest absolute Gasteiger partial charge is 0.497 e. The molecular formula is C20H19BrN4O3S. The fraction of sp³-hybridized carbons (Fsp3) is 0.200. The van der Waals surface area contributed by atoms with Gasteiger partial charge in [0, 0.05) is 16.6 Å². The van der Waals surface area contributed by atoms with Crippen molar-refractivity contribution in [3.63, 3.8) is 0 Å². The molecule has 1 aliphatic heterocycles. The van der Waals surface area contributed by atoms with Gasteiger partial charge in [0.15, 0.2) is 5.17 Å². The maximum atomic E-state index is 12.5. The molecule has 1 heterocycles. The predicted octanol–water partition coefficient (Wildman–Crippen LogP) is 3.80. The number of amides is 2. The zero-order valence-electron chi connectivity index (χ0n) is 15.8. The summed E-state index contributed by atoms with van der Waals surface area (Å²) < 4.78 is 6.06. The monoisotopic (exact) mass is 474 g/mol. The lowest BCUT2D eigenvalue weighted by atomic mass is 10.1. The fourth-order valence-corrected chi connectivity index (χ4v) is 3.70. The van der Waals surface area contributed by atoms with Crippen LogP contribution >= 0.6 is 27.7 Å². The van der Waals surface area contributed by atoms with Crippen LogP contribution in [0.15, 0.2) is 63.2 Å². The lowest BCUT2D eigenvalue weighted by Crippen LogP contribution is -2.41. The SMILES string of the molecule is COc1ccc(/C(C)=N/N=C2\NC(=O)C[C@@H](C(=O)Nc3ccc(Br)cc3)S2)cc1. The van der Waals surface area contributed by atoms with Crippen molar-refractivity contribution in [2.24, 2.45) is 10.2 Å². The van der Waals surface area contributed by atoms with Gasteiger partial charge in [0.2, 0.25) is 11.8 Å². The van der Waals surface area contributed by atoms with Crippen LogP contribution in [0.5, 0.6) is 5.75 Å². The second kappa shape index (κ2) is 9.71. The molecule has 1 atom stereocenters. The number of ether oxygens (including phenoxy) is 1. The summed E-state index contributed by atoms with van der Waals surface area (Å²) >= 11 is 4.53. The molecule has 0 bridgehead atoms. The number of hydrogen-bond donors (Lipinski definition) is 2. The number of carbonyl (C=O) groups is 2. The second-order valence-electron chi connectivity index (χ2n) is 6.17. The van der Waals surface area contributed by atoms with E-state index >= 15 is 0 Å². The molecule has 150 valence electrons. The highest BCUT2D eigenvalue weighted by Crippen LogP contribution is 2.23. The van der Waals surface area contributed by atoms with Crippen LogP contribution in [0, 0.1) is 0 Å². The van der Waals surface area contributed by atoms with Gasteiger partial charge in [-0.15, -0.1) is 5.10 Å². The Balaban J connectivity index is 1.68. The molecule has 0 unspecified atom stereocenters. The quantitative estimate of drug-likeness (QED) is 0.509. The second-order valence-corrected chi connectivity index (χ2v) is 8.28. The van der Waals surface area contributed by atoms with Crippen molar-refractivity contribution in [1.29, 1.82) is 0 Å². The van der Waals surface area contributed by atoms with E-state index in [0.29, 0.717) is 16.6 Å². The summed E-state index contributed by atoms with van der Waals surface area (Å²) in [7, 11) is 1.61. The number of carbonyl (C=O) groups excluding carboxylic acids is 2. The lowest BCUT2D eigenvalue weighted by Gasteiger charge is -2.21. The Morgan fingerprint density at radius 3 is 2.55 bits per heavy atom. The maximum absolute atomic E-state index is 12.5. The Kier molecular flexibility index (Phi) is 7.05. The molecule has 2 amide bonds. The number of hydrogen-bond acceptors (Lipinski definition) is 6. The van der Waals surface area contributed by atoms with Crippen molar-refractivity contribution in [3.05, 3.63) is 58.6 Å². The fourth-order valence-electron chi connectivity index (χ4n) is 2.51. The minimum Gasteiger partial charge on any atom is -0.497 e. The Bertz CT molecular complexity index is 959. The summed E-state index contributed by atoms with van der Waals surface area (Å²) in [4.78, 5) is 24.6. The van der Waals surface area contributed by atoms with Crippen LogP contribution in [-0.2, 0) is 9.59 Å². The summed E-state index contributed by atoms with van der Waals surface area (Å²) in [5, 5.41) is 13.5. The van der Waals surface area contributed by atoms with Crippen LogP contribution in [0.2, 0.25) is 0 Å². The van der Waals surface area contributed by atoms with E-state index in [2.05, 4.69) is 36.8 Å². The van der Waals surface area contributed by atoms with Gasteiger partial charge < -0.3 is 15.4 Å². The summed E-state index contributed by atoms with van der Waals surface area (Å²) in [5.41, 5.74) is 2.22. The zero-order chi connectivity index (χ0) is 20.8. The average molecular weight is 475 g/mol. The van der Waals surface area contributed by atoms with Crippen molar-refractivity contribution < 1.29 is 14.3 Å². The Hall–Kier alpha value is -2.65. The van der Waals surface area contributed by atoms with Gasteiger partial charge in [0.1, 0.15) is 11.0 Å². The summed E-state index contributed by atoms with van der Waals surface area (Å²) in [5.74, 6) is 0.231. The van der Waals surface area contributed by atoms with Crippen LogP contribution in [0.1, 0.15) is 18.9 Å². The third-order valence-electron chi connectivity index (χ3n) is 4.07. The van der Waals surface area contributed by atoms with Gasteiger partial charge in [-0.2, -0.15) is 5.10 Å². The van der Waals surface area contributed by atoms with Gasteiger partial charge in [-0.1, -0.05) is 27.7 Å². The number of rotatable bonds is 5. The number of nitrogens with one attached hydrogen (secondary N) is 2. The molecule has 1 saturated heterocycles. The molecule has 0 saturated carbocycles. The first-order valence-electron chi connectivity index (χ1n) is 8.74. The topological polar surface area (TPSA) is 92.2 Å². The normalized spacial score (nSPS) is 18.3. The third kappa shape index (κ3) is 5.91. The number of methoxy groups -OCH3 is 1. The van der Waals surface area contributed by atoms with E-state index in [0.717, 1.165) is 15.8 Å². The zero-order valence-corrected chi connectivity index (χ0v) is 18.2. The highest BCUT2D eigenvalue weighted by atomic mass is 79.9. The van der Waals surface area contributed by atoms with Crippen molar-refractivity contribution in [3.8, 4) is 5.75 Å². The maximum Gasteiger partial charge on any atom is 0.238 e. The molecular weight excluding hydrogens is 456 g/mol. The Morgan fingerprint density at radius 1 is 1.21 bits per heavy atom. The minimum absolute atomic E-state index is 0.0766. The molecule has 0 radical (unpaired) electrons. The molecule has 29 heavy (non-hydrogen) atoms. The van der Waals surface area contributed by atoms with Crippen molar-refractivity contribution in [1.82, 2.24) is 5.32 Å². The number of anilines is 1. The average Bonchev–Trinajstić information content (AvgIpc) is 2.73. The number of nitrogens with zero attached hydrogens (tertiary/aromatic N) is 2. The third-order valence-corrected chi connectivity index (χ3v) is 5.67. The molecule has 0 spiro atoms. The Labute approximate surface area is 181 Å². The summed E-state index contributed by atoms with van der Waals surface area (Å²) in [6.07, 6.45) is 0.0766. The van der Waals surface area contributed by atoms with Gasteiger partial charge >= 0.3 is 0 Å². The van der Waals surface area contributed by atoms with E-state index in [-0.39, 0.29) is 18.2 Å². The molecule has 0 aromatic heterocycles. The van der Waals surface area contributed by atoms with Crippen LogP contribution < -0.4 is 15.4 Å². The van der Waals surface area contributed by atoms with Gasteiger partial charge in [-0.25, -0.2) is 0 Å². The number of thioether (sulfide) groups is 1. The van der Waals surface area contributed by atoms with Gasteiger partial charge in [-0.05, 0) is 61.0 Å². The van der Waals surface area contributed by atoms with Gasteiger partial charge in [-0.3, -0.25) is 9.59 Å². The van der Waals surface area contributed by atoms with Crippen molar-refractivity contribution >= 4 is 56.1 Å². The van der Waals surface area contributed by atoms with Crippen LogP contribution in [0.3, 0.4) is 0 Å². The van der Waals surface area contributed by atoms with E-state index in [1.54, 1.807) is 19.2 Å². The van der Waals surface area contributed by atoms with Crippen molar-refractivity contribution in [2.75, 3.05) is 12.4 Å². The highest BCUT2D eigenvalue weighted by molar-refractivity contribution is 9.10. The number of benzene rings is 2. The van der Waals surface area contributed by atoms with Gasteiger partial charge in [0.25, 0.3) is 0 Å². The van der Waals surface area contributed by atoms with Crippen LogP contribution in [0.25, 0.3) is 0 Å². The molecule has 3 rings (SSSR count). The number of halogens is 1. The molecule has 2 aromatic rings. The number of amidine groups is 1. The standard InChI is InChI=1S/C20H19BrN4O3S/c1-12(13-3-9-16(28-2)10-4-13)24-25-20-23-18(26)11-17(29-20)19(27)22-15-7-5-14(21)6-8-15/h3-10,17H,11H2,1-2H3,(H,22,27)(H,23,25,26)/b24-12+/t17-/m0/s1. The molecule has 9 heteroatoms. The van der Waals surface area contributed by atoms with Crippen LogP contribution in [-0.4, -0.2) is 35.1 Å². The lowest BCUT2D eigenvalue weighted by molar-refractivity contribution is -0.123. The summed E-state index contributed by atoms with van der Waals surface area (Å²) in [6.45, 7) is 1.82. The predicted molar refractivity (Wildman–Crippen MR) is 120 cm³/mol. The molecule has 1 fully saturated rings. The van der Waals surface area contributed by atoms with E-state index in [1.807, 2.05) is 43.3 Å². The molecule has 2 N–H and O–H groups in total. The molecule has 2 aromatic carbocycles. The van der Waals surface area contributed by atoms with E-state index in [4.69, 9.17) is 4.74 Å². The molecule has 7 nitrogen and oxygen atoms in total. The molecule has 0 aliphatic carbocycles. The highest BCUT2D eigenvalue weighted by Gasteiger charge is 2.30. The van der Waals surface area contributed by atoms with E-state index in [9.17, 15) is 9.59 Å². The first kappa shape index (κ1) is 21.1. The smallest absolute Gasteiger partial charge is 0.238 e. The summed E-state index contributed by atoms with van der Waals surface area (Å²) in [6, 6.07) is 14.7. The van der Waals surface area contributed by atoms with Crippen LogP contribution in [0.4, 0.5) is 5.69 Å². The first-order valence-corrected chi connectivity index (χ1v) is 10.4.